The second-order valence-electron chi connectivity index (χ2n) is 4.07. The average Bonchev–Trinajstić information content (AvgIpc) is 2.51. The first-order chi connectivity index (χ1) is 7.83. The third-order valence-corrected chi connectivity index (χ3v) is 2.93. The lowest BCUT2D eigenvalue weighted by molar-refractivity contribution is 0.247. The molecule has 0 atom stereocenters. The number of anilines is 1. The Kier molecular flexibility index (Phi) is 3.44. The van der Waals surface area contributed by atoms with Crippen molar-refractivity contribution < 1.29 is 4.79 Å². The van der Waals surface area contributed by atoms with Crippen molar-refractivity contribution in [3.63, 3.8) is 0 Å². The minimum atomic E-state index is 0.0249. The summed E-state index contributed by atoms with van der Waals surface area (Å²) in [5, 5.41) is 2.87. The number of urea groups is 1. The summed E-state index contributed by atoms with van der Waals surface area (Å²) < 4.78 is 0. The second-order valence-corrected chi connectivity index (χ2v) is 4.07. The zero-order valence-corrected chi connectivity index (χ0v) is 9.70. The number of nitrogens with one attached hydrogen (secondary N) is 1. The van der Waals surface area contributed by atoms with E-state index in [-0.39, 0.29) is 6.03 Å². The summed E-state index contributed by atoms with van der Waals surface area (Å²) in [6, 6.07) is 8.22. The number of para-hydroxylation sites is 1. The Morgan fingerprint density at radius 1 is 1.38 bits per heavy atom. The zero-order chi connectivity index (χ0) is 11.4. The van der Waals surface area contributed by atoms with Crippen LogP contribution in [0.5, 0.6) is 0 Å². The van der Waals surface area contributed by atoms with Crippen molar-refractivity contribution >= 4 is 11.7 Å². The Morgan fingerprint density at radius 3 is 3.00 bits per heavy atom. The van der Waals surface area contributed by atoms with Crippen LogP contribution in [0.4, 0.5) is 10.5 Å². The summed E-state index contributed by atoms with van der Waals surface area (Å²) in [7, 11) is 0. The van der Waals surface area contributed by atoms with Gasteiger partial charge in [0.1, 0.15) is 0 Å². The normalized spacial score (nSPS) is 15.2. The van der Waals surface area contributed by atoms with Crippen LogP contribution < -0.4 is 10.2 Å². The molecule has 0 aromatic heterocycles. The summed E-state index contributed by atoms with van der Waals surface area (Å²) in [5.74, 6) is 0. The van der Waals surface area contributed by atoms with Crippen LogP contribution in [0.25, 0.3) is 0 Å². The number of amides is 2. The van der Waals surface area contributed by atoms with Crippen molar-refractivity contribution in [2.45, 2.75) is 26.2 Å². The zero-order valence-electron chi connectivity index (χ0n) is 9.70. The molecule has 0 saturated carbocycles. The molecular formula is C13H18N2O. The maximum absolute atomic E-state index is 11.9. The van der Waals surface area contributed by atoms with Crippen LogP contribution in [0.2, 0.25) is 0 Å². The molecule has 1 aliphatic rings. The van der Waals surface area contributed by atoms with Gasteiger partial charge in [-0.2, -0.15) is 0 Å². The number of carbonyl (C=O) groups excluding carboxylic acids is 1. The van der Waals surface area contributed by atoms with Crippen molar-refractivity contribution in [2.24, 2.45) is 0 Å². The number of hydrogen-bond donors (Lipinski definition) is 1. The Bertz CT molecular complexity index is 376. The van der Waals surface area contributed by atoms with Crippen molar-refractivity contribution in [1.29, 1.82) is 0 Å². The molecule has 0 aliphatic carbocycles. The van der Waals surface area contributed by atoms with Gasteiger partial charge in [0.05, 0.1) is 0 Å². The first-order valence-electron chi connectivity index (χ1n) is 5.96. The highest BCUT2D eigenvalue weighted by Crippen LogP contribution is 2.25. The minimum Gasteiger partial charge on any atom is -0.338 e. The van der Waals surface area contributed by atoms with Gasteiger partial charge in [0, 0.05) is 18.8 Å². The van der Waals surface area contributed by atoms with Gasteiger partial charge in [0.25, 0.3) is 0 Å². The Labute approximate surface area is 96.5 Å². The standard InChI is InChI=1S/C13H18N2O/c1-2-14-13(16)15-10-6-5-8-11-7-3-4-9-12(11)15/h3-4,7,9H,2,5-6,8,10H2,1H3,(H,14,16). The van der Waals surface area contributed by atoms with E-state index in [2.05, 4.69) is 11.4 Å². The second kappa shape index (κ2) is 5.01. The van der Waals surface area contributed by atoms with Gasteiger partial charge in [-0.05, 0) is 37.8 Å². The minimum absolute atomic E-state index is 0.0249. The van der Waals surface area contributed by atoms with Crippen molar-refractivity contribution in [1.82, 2.24) is 5.32 Å². The summed E-state index contributed by atoms with van der Waals surface area (Å²) >= 11 is 0. The molecule has 0 unspecified atom stereocenters. The van der Waals surface area contributed by atoms with Crippen LogP contribution in [0.15, 0.2) is 24.3 Å². The molecule has 1 heterocycles. The van der Waals surface area contributed by atoms with Gasteiger partial charge in [-0.15, -0.1) is 0 Å². The van der Waals surface area contributed by atoms with Crippen molar-refractivity contribution in [3.8, 4) is 0 Å². The third kappa shape index (κ3) is 2.18. The summed E-state index contributed by atoms with van der Waals surface area (Å²) in [4.78, 5) is 13.8. The van der Waals surface area contributed by atoms with Gasteiger partial charge in [0.15, 0.2) is 0 Å². The van der Waals surface area contributed by atoms with E-state index in [0.29, 0.717) is 6.54 Å². The van der Waals surface area contributed by atoms with E-state index in [0.717, 1.165) is 31.5 Å². The van der Waals surface area contributed by atoms with E-state index in [1.807, 2.05) is 30.0 Å². The molecule has 0 spiro atoms. The quantitative estimate of drug-likeness (QED) is 0.772. The molecule has 3 nitrogen and oxygen atoms in total. The predicted molar refractivity (Wildman–Crippen MR) is 65.8 cm³/mol. The summed E-state index contributed by atoms with van der Waals surface area (Å²) in [6.07, 6.45) is 3.31. The van der Waals surface area contributed by atoms with E-state index in [1.54, 1.807) is 0 Å². The van der Waals surface area contributed by atoms with Crippen LogP contribution in [-0.4, -0.2) is 19.1 Å². The number of hydrogen-bond acceptors (Lipinski definition) is 1. The van der Waals surface area contributed by atoms with Crippen LogP contribution in [0, 0.1) is 0 Å². The van der Waals surface area contributed by atoms with Gasteiger partial charge in [-0.1, -0.05) is 18.2 Å². The molecule has 0 radical (unpaired) electrons. The number of aryl methyl sites for hydroxylation is 1. The fourth-order valence-corrected chi connectivity index (χ4v) is 2.15. The van der Waals surface area contributed by atoms with Gasteiger partial charge in [-0.25, -0.2) is 4.79 Å². The van der Waals surface area contributed by atoms with Gasteiger partial charge < -0.3 is 5.32 Å². The molecule has 3 heteroatoms. The predicted octanol–water partition coefficient (Wildman–Crippen LogP) is 2.56. The van der Waals surface area contributed by atoms with E-state index in [4.69, 9.17) is 0 Å². The number of rotatable bonds is 1. The van der Waals surface area contributed by atoms with Crippen molar-refractivity contribution in [2.75, 3.05) is 18.0 Å². The molecule has 1 aromatic carbocycles. The average molecular weight is 218 g/mol. The maximum atomic E-state index is 11.9. The smallest absolute Gasteiger partial charge is 0.321 e. The maximum Gasteiger partial charge on any atom is 0.321 e. The number of fused-ring (bicyclic) bond motifs is 1. The molecule has 0 fully saturated rings. The topological polar surface area (TPSA) is 32.3 Å². The lowest BCUT2D eigenvalue weighted by atomic mass is 10.1. The number of carbonyl (C=O) groups is 1. The Hall–Kier alpha value is -1.51. The summed E-state index contributed by atoms with van der Waals surface area (Å²) in [6.45, 7) is 3.45. The highest BCUT2D eigenvalue weighted by Gasteiger charge is 2.19. The van der Waals surface area contributed by atoms with Crippen molar-refractivity contribution in [3.05, 3.63) is 29.8 Å². The highest BCUT2D eigenvalue weighted by molar-refractivity contribution is 5.92. The molecular weight excluding hydrogens is 200 g/mol. The third-order valence-electron chi connectivity index (χ3n) is 2.93. The molecule has 86 valence electrons. The largest absolute Gasteiger partial charge is 0.338 e. The molecule has 0 bridgehead atoms. The van der Waals surface area contributed by atoms with Crippen LogP contribution in [0.1, 0.15) is 25.3 Å². The van der Waals surface area contributed by atoms with Crippen LogP contribution >= 0.6 is 0 Å². The molecule has 2 rings (SSSR count). The molecule has 1 N–H and O–H groups in total. The Balaban J connectivity index is 2.28. The Morgan fingerprint density at radius 2 is 2.19 bits per heavy atom. The fraction of sp³-hybridized carbons (Fsp3) is 0.462. The molecule has 16 heavy (non-hydrogen) atoms. The first kappa shape index (κ1) is 11.0. The van der Waals surface area contributed by atoms with Crippen LogP contribution in [-0.2, 0) is 6.42 Å². The molecule has 1 aromatic rings. The monoisotopic (exact) mass is 218 g/mol. The number of benzene rings is 1. The molecule has 2 amide bonds. The fourth-order valence-electron chi connectivity index (χ4n) is 2.15. The van der Waals surface area contributed by atoms with Crippen LogP contribution in [0.3, 0.4) is 0 Å². The van der Waals surface area contributed by atoms with Gasteiger partial charge >= 0.3 is 6.03 Å². The number of nitrogens with zero attached hydrogens (tertiary/aromatic N) is 1. The van der Waals surface area contributed by atoms with E-state index in [1.165, 1.54) is 5.56 Å². The van der Waals surface area contributed by atoms with Gasteiger partial charge in [0.2, 0.25) is 0 Å². The lowest BCUT2D eigenvalue weighted by Crippen LogP contribution is -2.40. The highest BCUT2D eigenvalue weighted by atomic mass is 16.2. The molecule has 0 saturated heterocycles. The van der Waals surface area contributed by atoms with E-state index < -0.39 is 0 Å². The van der Waals surface area contributed by atoms with E-state index >= 15 is 0 Å². The van der Waals surface area contributed by atoms with E-state index in [9.17, 15) is 4.79 Å². The molecule has 1 aliphatic heterocycles. The SMILES string of the molecule is CCNC(=O)N1CCCCc2ccccc21. The lowest BCUT2D eigenvalue weighted by Gasteiger charge is -2.22. The van der Waals surface area contributed by atoms with Gasteiger partial charge in [-0.3, -0.25) is 4.90 Å². The first-order valence-corrected chi connectivity index (χ1v) is 5.96. The summed E-state index contributed by atoms with van der Waals surface area (Å²) in [5.41, 5.74) is 2.36.